The molecule has 3 rings (SSSR count). The van der Waals surface area contributed by atoms with E-state index in [-0.39, 0.29) is 0 Å². The van der Waals surface area contributed by atoms with Gasteiger partial charge in [-0.25, -0.2) is 4.98 Å². The fraction of sp³-hybridized carbons (Fsp3) is 0.133. The molecule has 6 heteroatoms. The molecule has 0 aliphatic rings. The van der Waals surface area contributed by atoms with E-state index in [1.54, 1.807) is 36.8 Å². The molecule has 0 aliphatic carbocycles. The van der Waals surface area contributed by atoms with E-state index in [2.05, 4.69) is 16.0 Å². The van der Waals surface area contributed by atoms with Gasteiger partial charge in [-0.3, -0.25) is 4.40 Å². The Morgan fingerprint density at radius 3 is 2.71 bits per heavy atom. The average molecular weight is 280 g/mol. The second-order valence-electron chi connectivity index (χ2n) is 4.33. The van der Waals surface area contributed by atoms with Crippen LogP contribution in [0.15, 0.2) is 36.5 Å². The molecule has 104 valence electrons. The highest BCUT2D eigenvalue weighted by Gasteiger charge is 2.11. The Labute approximate surface area is 121 Å². The van der Waals surface area contributed by atoms with Crippen LogP contribution in [-0.4, -0.2) is 28.6 Å². The Balaban J connectivity index is 2.18. The number of methoxy groups -OCH3 is 2. The maximum Gasteiger partial charge on any atom is 0.240 e. The number of nitriles is 1. The summed E-state index contributed by atoms with van der Waals surface area (Å²) in [7, 11) is 3.11. The molecular formula is C15H12N4O2. The second-order valence-corrected chi connectivity index (χ2v) is 4.33. The number of imidazole rings is 1. The van der Waals surface area contributed by atoms with Gasteiger partial charge in [-0.05, 0) is 12.1 Å². The van der Waals surface area contributed by atoms with Gasteiger partial charge < -0.3 is 9.47 Å². The molecule has 0 atom stereocenters. The van der Waals surface area contributed by atoms with E-state index < -0.39 is 0 Å². The molecule has 6 nitrogen and oxygen atoms in total. The summed E-state index contributed by atoms with van der Waals surface area (Å²) < 4.78 is 12.2. The standard InChI is InChI=1S/C15H12N4O2/c1-20-13-7-14(21-2)19-9-12(17-15(19)18-13)11-5-3-4-10(6-11)8-16/h3-7,9H,1-2H3. The van der Waals surface area contributed by atoms with E-state index in [0.29, 0.717) is 28.8 Å². The van der Waals surface area contributed by atoms with Crippen LogP contribution in [0, 0.1) is 11.3 Å². The lowest BCUT2D eigenvalue weighted by atomic mass is 10.1. The first-order chi connectivity index (χ1) is 10.2. The van der Waals surface area contributed by atoms with Crippen molar-refractivity contribution in [1.29, 1.82) is 5.26 Å². The van der Waals surface area contributed by atoms with Crippen molar-refractivity contribution in [1.82, 2.24) is 14.4 Å². The third kappa shape index (κ3) is 2.25. The summed E-state index contributed by atoms with van der Waals surface area (Å²) in [6.07, 6.45) is 1.82. The Morgan fingerprint density at radius 2 is 2.00 bits per heavy atom. The molecule has 21 heavy (non-hydrogen) atoms. The van der Waals surface area contributed by atoms with E-state index in [4.69, 9.17) is 14.7 Å². The summed E-state index contributed by atoms with van der Waals surface area (Å²) in [5.41, 5.74) is 2.15. The van der Waals surface area contributed by atoms with Crippen molar-refractivity contribution in [2.45, 2.75) is 0 Å². The lowest BCUT2D eigenvalue weighted by molar-refractivity contribution is 0.369. The average Bonchev–Trinajstić information content (AvgIpc) is 2.97. The quantitative estimate of drug-likeness (QED) is 0.736. The van der Waals surface area contributed by atoms with E-state index in [1.807, 2.05) is 18.3 Å². The molecule has 0 fully saturated rings. The molecule has 0 saturated carbocycles. The normalized spacial score (nSPS) is 10.3. The maximum absolute atomic E-state index is 8.97. The number of benzene rings is 1. The zero-order valence-corrected chi connectivity index (χ0v) is 11.6. The summed E-state index contributed by atoms with van der Waals surface area (Å²) in [5, 5.41) is 8.97. The van der Waals surface area contributed by atoms with Crippen molar-refractivity contribution in [2.24, 2.45) is 0 Å². The highest BCUT2D eigenvalue weighted by atomic mass is 16.5. The van der Waals surface area contributed by atoms with Gasteiger partial charge in [0.15, 0.2) is 0 Å². The fourth-order valence-electron chi connectivity index (χ4n) is 2.07. The molecule has 1 aromatic carbocycles. The van der Waals surface area contributed by atoms with Crippen LogP contribution in [0.5, 0.6) is 11.8 Å². The molecular weight excluding hydrogens is 268 g/mol. The molecule has 0 saturated heterocycles. The highest BCUT2D eigenvalue weighted by molar-refractivity contribution is 5.64. The predicted molar refractivity (Wildman–Crippen MR) is 76.2 cm³/mol. The molecule has 0 N–H and O–H groups in total. The summed E-state index contributed by atoms with van der Waals surface area (Å²) >= 11 is 0. The maximum atomic E-state index is 8.97. The van der Waals surface area contributed by atoms with Crippen molar-refractivity contribution in [3.05, 3.63) is 42.1 Å². The minimum atomic E-state index is 0.433. The Hall–Kier alpha value is -3.07. The molecule has 0 aliphatic heterocycles. The van der Waals surface area contributed by atoms with Crippen LogP contribution in [0.2, 0.25) is 0 Å². The van der Waals surface area contributed by atoms with Gasteiger partial charge in [0.2, 0.25) is 17.5 Å². The predicted octanol–water partition coefficient (Wildman–Crippen LogP) is 2.29. The monoisotopic (exact) mass is 280 g/mol. The number of aromatic nitrogens is 3. The Morgan fingerprint density at radius 1 is 1.14 bits per heavy atom. The van der Waals surface area contributed by atoms with Crippen LogP contribution < -0.4 is 9.47 Å². The number of ether oxygens (including phenoxy) is 2. The molecule has 2 heterocycles. The lowest BCUT2D eigenvalue weighted by Crippen LogP contribution is -1.97. The number of rotatable bonds is 3. The van der Waals surface area contributed by atoms with Crippen LogP contribution in [0.25, 0.3) is 17.0 Å². The molecule has 0 radical (unpaired) electrons. The number of fused-ring (bicyclic) bond motifs is 1. The van der Waals surface area contributed by atoms with E-state index in [1.165, 1.54) is 0 Å². The van der Waals surface area contributed by atoms with E-state index in [0.717, 1.165) is 5.56 Å². The van der Waals surface area contributed by atoms with Crippen LogP contribution in [-0.2, 0) is 0 Å². The third-order valence-corrected chi connectivity index (χ3v) is 3.09. The van der Waals surface area contributed by atoms with Crippen LogP contribution in [0.1, 0.15) is 5.56 Å². The first-order valence-corrected chi connectivity index (χ1v) is 6.24. The van der Waals surface area contributed by atoms with Gasteiger partial charge in [-0.2, -0.15) is 10.2 Å². The smallest absolute Gasteiger partial charge is 0.240 e. The highest BCUT2D eigenvalue weighted by Crippen LogP contribution is 2.25. The first-order valence-electron chi connectivity index (χ1n) is 6.24. The lowest BCUT2D eigenvalue weighted by Gasteiger charge is -2.04. The second kappa shape index (κ2) is 5.13. The van der Waals surface area contributed by atoms with Crippen LogP contribution in [0.3, 0.4) is 0 Å². The molecule has 3 aromatic rings. The van der Waals surface area contributed by atoms with Crippen molar-refractivity contribution < 1.29 is 9.47 Å². The van der Waals surface area contributed by atoms with Gasteiger partial charge in [0.1, 0.15) is 0 Å². The van der Waals surface area contributed by atoms with Crippen molar-refractivity contribution in [3.8, 4) is 29.1 Å². The summed E-state index contributed by atoms with van der Waals surface area (Å²) in [4.78, 5) is 8.73. The molecule has 0 spiro atoms. The summed E-state index contributed by atoms with van der Waals surface area (Å²) in [5.74, 6) is 1.48. The van der Waals surface area contributed by atoms with Gasteiger partial charge in [0, 0.05) is 11.8 Å². The van der Waals surface area contributed by atoms with Gasteiger partial charge in [0.05, 0.1) is 37.6 Å². The van der Waals surface area contributed by atoms with E-state index >= 15 is 0 Å². The van der Waals surface area contributed by atoms with E-state index in [9.17, 15) is 0 Å². The largest absolute Gasteiger partial charge is 0.482 e. The third-order valence-electron chi connectivity index (χ3n) is 3.09. The van der Waals surface area contributed by atoms with Crippen molar-refractivity contribution in [2.75, 3.05) is 14.2 Å². The topological polar surface area (TPSA) is 72.4 Å². The van der Waals surface area contributed by atoms with Gasteiger partial charge in [-0.15, -0.1) is 0 Å². The first kappa shape index (κ1) is 12.9. The molecule has 0 unspecified atom stereocenters. The SMILES string of the molecule is COc1cc(OC)n2cc(-c3cccc(C#N)c3)nc2n1. The zero-order valence-electron chi connectivity index (χ0n) is 11.6. The van der Waals surface area contributed by atoms with Gasteiger partial charge in [0.25, 0.3) is 0 Å². The minimum Gasteiger partial charge on any atom is -0.482 e. The number of hydrogen-bond acceptors (Lipinski definition) is 5. The number of nitrogens with zero attached hydrogens (tertiary/aromatic N) is 4. The van der Waals surface area contributed by atoms with Crippen molar-refractivity contribution in [3.63, 3.8) is 0 Å². The number of hydrogen-bond donors (Lipinski definition) is 0. The van der Waals surface area contributed by atoms with Gasteiger partial charge >= 0.3 is 0 Å². The van der Waals surface area contributed by atoms with Gasteiger partial charge in [-0.1, -0.05) is 12.1 Å². The molecule has 0 bridgehead atoms. The minimum absolute atomic E-state index is 0.433. The fourth-order valence-corrected chi connectivity index (χ4v) is 2.07. The molecule has 0 amide bonds. The Bertz CT molecular complexity index is 848. The van der Waals surface area contributed by atoms with Crippen LogP contribution >= 0.6 is 0 Å². The van der Waals surface area contributed by atoms with Crippen LogP contribution in [0.4, 0.5) is 0 Å². The summed E-state index contributed by atoms with van der Waals surface area (Å²) in [6.45, 7) is 0. The Kier molecular flexibility index (Phi) is 3.16. The summed E-state index contributed by atoms with van der Waals surface area (Å²) in [6, 6.07) is 11.1. The van der Waals surface area contributed by atoms with Crippen molar-refractivity contribution >= 4 is 5.78 Å². The zero-order chi connectivity index (χ0) is 14.8. The molecule has 2 aromatic heterocycles.